The molecule has 0 spiro atoms. The summed E-state index contributed by atoms with van der Waals surface area (Å²) in [5.41, 5.74) is -1.35. The van der Waals surface area contributed by atoms with E-state index in [0.717, 1.165) is 18.2 Å². The normalized spacial score (nSPS) is 10.9. The molecule has 0 aliphatic heterocycles. The third-order valence-corrected chi connectivity index (χ3v) is 4.71. The lowest BCUT2D eigenvalue weighted by Crippen LogP contribution is -2.33. The van der Waals surface area contributed by atoms with Crippen LogP contribution in [0.15, 0.2) is 35.4 Å². The predicted octanol–water partition coefficient (Wildman–Crippen LogP) is 4.46. The second kappa shape index (κ2) is 9.39. The van der Waals surface area contributed by atoms with E-state index < -0.39 is 29.0 Å². The van der Waals surface area contributed by atoms with Crippen LogP contribution in [0.5, 0.6) is 0 Å². The van der Waals surface area contributed by atoms with Crippen molar-refractivity contribution in [3.63, 3.8) is 0 Å². The minimum atomic E-state index is -4.73. The van der Waals surface area contributed by atoms with Crippen LogP contribution >= 0.6 is 11.8 Å². The molecule has 2 rings (SSSR count). The molecule has 1 aromatic heterocycles. The molecule has 5 nitrogen and oxygen atoms in total. The lowest BCUT2D eigenvalue weighted by atomic mass is 10.1. The SMILES string of the molecule is Cc1cc(C(F)(F)F)c(C#N)c(SCC(=O)N(CCC#N)c2ccc(F)cc2)n1. The number of aromatic nitrogens is 1. The summed E-state index contributed by atoms with van der Waals surface area (Å²) in [7, 11) is 0. The summed E-state index contributed by atoms with van der Waals surface area (Å²) in [4.78, 5) is 17.8. The van der Waals surface area contributed by atoms with Crippen LogP contribution < -0.4 is 4.90 Å². The molecule has 1 aromatic carbocycles. The number of thioether (sulfide) groups is 1. The molecule has 1 heterocycles. The minimum Gasteiger partial charge on any atom is -0.311 e. The molecule has 0 fully saturated rings. The van der Waals surface area contributed by atoms with E-state index in [2.05, 4.69) is 4.98 Å². The van der Waals surface area contributed by atoms with Gasteiger partial charge in [-0.25, -0.2) is 9.37 Å². The maximum absolute atomic E-state index is 13.2. The molecule has 0 N–H and O–H groups in total. The van der Waals surface area contributed by atoms with Crippen LogP contribution in [0.3, 0.4) is 0 Å². The van der Waals surface area contributed by atoms with E-state index in [9.17, 15) is 27.6 Å². The Morgan fingerprint density at radius 1 is 1.24 bits per heavy atom. The van der Waals surface area contributed by atoms with Crippen molar-refractivity contribution in [3.05, 3.63) is 53.0 Å². The van der Waals surface area contributed by atoms with Crippen molar-refractivity contribution in [1.82, 2.24) is 4.98 Å². The van der Waals surface area contributed by atoms with E-state index in [1.165, 1.54) is 30.0 Å². The second-order valence-electron chi connectivity index (χ2n) is 5.82. The number of alkyl halides is 3. The molecule has 0 unspecified atom stereocenters. The van der Waals surface area contributed by atoms with E-state index in [1.807, 2.05) is 6.07 Å². The third-order valence-electron chi connectivity index (χ3n) is 3.75. The number of carbonyl (C=O) groups excluding carboxylic acids is 1. The zero-order valence-electron chi connectivity index (χ0n) is 15.1. The number of hydrogen-bond acceptors (Lipinski definition) is 5. The largest absolute Gasteiger partial charge is 0.417 e. The van der Waals surface area contributed by atoms with Crippen LogP contribution in [0, 0.1) is 35.4 Å². The molecule has 1 amide bonds. The maximum Gasteiger partial charge on any atom is 0.417 e. The Bertz CT molecular complexity index is 978. The quantitative estimate of drug-likeness (QED) is 0.507. The van der Waals surface area contributed by atoms with Crippen LogP contribution in [0.4, 0.5) is 23.2 Å². The Labute approximate surface area is 168 Å². The molecule has 150 valence electrons. The Hall–Kier alpha value is -3.11. The molecular formula is C19H14F4N4OS. The number of hydrogen-bond donors (Lipinski definition) is 0. The van der Waals surface area contributed by atoms with Gasteiger partial charge in [-0.1, -0.05) is 11.8 Å². The Morgan fingerprint density at radius 3 is 2.45 bits per heavy atom. The van der Waals surface area contributed by atoms with Crippen molar-refractivity contribution in [2.24, 2.45) is 0 Å². The third kappa shape index (κ3) is 5.69. The lowest BCUT2D eigenvalue weighted by Gasteiger charge is -2.22. The van der Waals surface area contributed by atoms with Gasteiger partial charge in [0.15, 0.2) is 0 Å². The van der Waals surface area contributed by atoms with Crippen molar-refractivity contribution in [1.29, 1.82) is 10.5 Å². The number of aryl methyl sites for hydroxylation is 1. The summed E-state index contributed by atoms with van der Waals surface area (Å²) in [5.74, 6) is -1.33. The van der Waals surface area contributed by atoms with Crippen molar-refractivity contribution in [2.45, 2.75) is 24.5 Å². The number of benzene rings is 1. The number of anilines is 1. The molecule has 0 aliphatic rings. The predicted molar refractivity (Wildman–Crippen MR) is 98.4 cm³/mol. The number of pyridine rings is 1. The summed E-state index contributed by atoms with van der Waals surface area (Å²) < 4.78 is 52.7. The van der Waals surface area contributed by atoms with E-state index >= 15 is 0 Å². The standard InChI is InChI=1S/C19H14F4N4OS/c1-12-9-16(19(21,22)23)15(10-25)18(26-12)29-11-17(28)27(8-2-7-24)14-5-3-13(20)4-6-14/h3-6,9H,2,8,11H2,1H3. The highest BCUT2D eigenvalue weighted by molar-refractivity contribution is 8.00. The van der Waals surface area contributed by atoms with Gasteiger partial charge in [0.05, 0.1) is 29.4 Å². The Kier molecular flexibility index (Phi) is 7.18. The first kappa shape index (κ1) is 22.2. The zero-order valence-corrected chi connectivity index (χ0v) is 15.9. The topological polar surface area (TPSA) is 80.8 Å². The van der Waals surface area contributed by atoms with Crippen molar-refractivity contribution in [3.8, 4) is 12.1 Å². The summed E-state index contributed by atoms with van der Waals surface area (Å²) in [5, 5.41) is 17.8. The fourth-order valence-electron chi connectivity index (χ4n) is 2.47. The smallest absolute Gasteiger partial charge is 0.311 e. The van der Waals surface area contributed by atoms with Crippen LogP contribution in [0.2, 0.25) is 0 Å². The van der Waals surface area contributed by atoms with Crippen molar-refractivity contribution in [2.75, 3.05) is 17.2 Å². The molecule has 0 saturated heterocycles. The highest BCUT2D eigenvalue weighted by atomic mass is 32.2. The number of rotatable bonds is 6. The number of carbonyl (C=O) groups is 1. The number of halogens is 4. The molecular weight excluding hydrogens is 408 g/mol. The minimum absolute atomic E-state index is 0.0120. The monoisotopic (exact) mass is 422 g/mol. The highest BCUT2D eigenvalue weighted by Gasteiger charge is 2.35. The number of nitriles is 2. The summed E-state index contributed by atoms with van der Waals surface area (Å²) in [6.07, 6.45) is -4.72. The van der Waals surface area contributed by atoms with E-state index in [1.54, 1.807) is 0 Å². The maximum atomic E-state index is 13.2. The molecule has 0 atom stereocenters. The van der Waals surface area contributed by atoms with Gasteiger partial charge in [-0.2, -0.15) is 23.7 Å². The first-order valence-corrected chi connectivity index (χ1v) is 9.20. The Balaban J connectivity index is 2.28. The highest BCUT2D eigenvalue weighted by Crippen LogP contribution is 2.36. The average molecular weight is 422 g/mol. The van der Waals surface area contributed by atoms with Gasteiger partial charge >= 0.3 is 6.18 Å². The van der Waals surface area contributed by atoms with Gasteiger partial charge in [0.25, 0.3) is 0 Å². The summed E-state index contributed by atoms with van der Waals surface area (Å²) in [6.45, 7) is 1.39. The van der Waals surface area contributed by atoms with Gasteiger partial charge in [0.2, 0.25) is 5.91 Å². The van der Waals surface area contributed by atoms with Gasteiger partial charge in [0, 0.05) is 17.9 Å². The molecule has 0 saturated carbocycles. The molecule has 0 aliphatic carbocycles. The number of amides is 1. The summed E-state index contributed by atoms with van der Waals surface area (Å²) >= 11 is 0.702. The molecule has 0 radical (unpaired) electrons. The molecule has 29 heavy (non-hydrogen) atoms. The molecule has 10 heteroatoms. The van der Waals surface area contributed by atoms with Crippen LogP contribution in [0.25, 0.3) is 0 Å². The second-order valence-corrected chi connectivity index (χ2v) is 6.78. The van der Waals surface area contributed by atoms with Gasteiger partial charge in [-0.3, -0.25) is 4.79 Å². The van der Waals surface area contributed by atoms with Gasteiger partial charge in [-0.05, 0) is 37.3 Å². The van der Waals surface area contributed by atoms with Crippen LogP contribution in [-0.4, -0.2) is 23.2 Å². The Morgan fingerprint density at radius 2 is 1.90 bits per heavy atom. The fraction of sp³-hybridized carbons (Fsp3) is 0.263. The summed E-state index contributed by atoms with van der Waals surface area (Å²) in [6, 6.07) is 9.23. The van der Waals surface area contributed by atoms with Crippen molar-refractivity contribution < 1.29 is 22.4 Å². The number of nitrogens with zero attached hydrogens (tertiary/aromatic N) is 4. The first-order valence-electron chi connectivity index (χ1n) is 8.22. The van der Waals surface area contributed by atoms with Crippen LogP contribution in [-0.2, 0) is 11.0 Å². The van der Waals surface area contributed by atoms with Gasteiger partial charge < -0.3 is 4.90 Å². The van der Waals surface area contributed by atoms with Crippen LogP contribution in [0.1, 0.15) is 23.2 Å². The van der Waals surface area contributed by atoms with E-state index in [4.69, 9.17) is 5.26 Å². The average Bonchev–Trinajstić information content (AvgIpc) is 2.66. The van der Waals surface area contributed by atoms with Gasteiger partial charge in [-0.15, -0.1) is 0 Å². The fourth-order valence-corrected chi connectivity index (χ4v) is 3.39. The van der Waals surface area contributed by atoms with E-state index in [-0.39, 0.29) is 29.4 Å². The van der Waals surface area contributed by atoms with Crippen molar-refractivity contribution >= 4 is 23.4 Å². The lowest BCUT2D eigenvalue weighted by molar-refractivity contribution is -0.138. The zero-order chi connectivity index (χ0) is 21.6. The molecule has 0 bridgehead atoms. The molecule has 2 aromatic rings. The van der Waals surface area contributed by atoms with Gasteiger partial charge in [0.1, 0.15) is 16.9 Å². The van der Waals surface area contributed by atoms with E-state index in [0.29, 0.717) is 17.4 Å². The first-order chi connectivity index (χ1) is 13.7.